The van der Waals surface area contributed by atoms with E-state index in [4.69, 9.17) is 12.6 Å². The summed E-state index contributed by atoms with van der Waals surface area (Å²) in [5, 5.41) is 3.87. The van der Waals surface area contributed by atoms with Crippen LogP contribution in [0.2, 0.25) is 0 Å². The first-order valence-electron chi connectivity index (χ1n) is 11.0. The van der Waals surface area contributed by atoms with Crippen molar-refractivity contribution in [1.29, 1.82) is 0 Å². The molecule has 0 spiro atoms. The molecule has 1 nitrogen and oxygen atoms in total. The lowest BCUT2D eigenvalue weighted by Gasteiger charge is -2.35. The Labute approximate surface area is 194 Å². The van der Waals surface area contributed by atoms with Crippen LogP contribution in [0.1, 0.15) is 33.9 Å². The van der Waals surface area contributed by atoms with Gasteiger partial charge in [-0.2, -0.15) is 0 Å². The summed E-state index contributed by atoms with van der Waals surface area (Å²) in [5.74, 6) is 0. The molecular weight excluding hydrogens is 406 g/mol. The van der Waals surface area contributed by atoms with E-state index >= 15 is 0 Å². The first-order chi connectivity index (χ1) is 15.8. The standard InChI is InChI=1S/C30H23NS/c32-28-18-10-8-16-24(28)27-20-19-26-29(31-27)23-15-7-9-17-25(23)30(26,21-11-3-1-4-12-21)22-13-5-2-6-14-22/h1-20,27,31-32H. The number of rotatable bonds is 3. The van der Waals surface area contributed by atoms with Crippen molar-refractivity contribution in [3.8, 4) is 0 Å². The molecule has 1 unspecified atom stereocenters. The maximum atomic E-state index is 4.72. The van der Waals surface area contributed by atoms with Crippen molar-refractivity contribution < 1.29 is 0 Å². The van der Waals surface area contributed by atoms with Crippen molar-refractivity contribution in [2.75, 3.05) is 0 Å². The zero-order valence-electron chi connectivity index (χ0n) is 17.6. The second kappa shape index (κ2) is 7.58. The van der Waals surface area contributed by atoms with E-state index < -0.39 is 0 Å². The van der Waals surface area contributed by atoms with E-state index in [1.54, 1.807) is 0 Å². The summed E-state index contributed by atoms with van der Waals surface area (Å²) in [6, 6.07) is 39.0. The van der Waals surface area contributed by atoms with E-state index in [0.717, 1.165) is 4.90 Å². The summed E-state index contributed by atoms with van der Waals surface area (Å²) in [6.07, 6.45) is 4.61. The minimum atomic E-state index is -0.358. The lowest BCUT2D eigenvalue weighted by Crippen LogP contribution is -2.31. The van der Waals surface area contributed by atoms with Crippen molar-refractivity contribution in [3.05, 3.63) is 155 Å². The largest absolute Gasteiger partial charge is 0.374 e. The zero-order chi connectivity index (χ0) is 21.5. The molecule has 0 saturated carbocycles. The predicted molar refractivity (Wildman–Crippen MR) is 135 cm³/mol. The minimum Gasteiger partial charge on any atom is -0.374 e. The Morgan fingerprint density at radius 2 is 1.25 bits per heavy atom. The Morgan fingerprint density at radius 1 is 0.656 bits per heavy atom. The third-order valence-corrected chi connectivity index (χ3v) is 7.12. The van der Waals surface area contributed by atoms with E-state index in [-0.39, 0.29) is 11.5 Å². The highest BCUT2D eigenvalue weighted by atomic mass is 32.1. The van der Waals surface area contributed by atoms with Crippen molar-refractivity contribution in [2.24, 2.45) is 0 Å². The number of hydrogen-bond donors (Lipinski definition) is 2. The molecule has 2 heteroatoms. The predicted octanol–water partition coefficient (Wildman–Crippen LogP) is 6.94. The number of thiol groups is 1. The fraction of sp³-hybridized carbons (Fsp3) is 0.0667. The molecule has 1 aliphatic carbocycles. The molecule has 1 aliphatic heterocycles. The summed E-state index contributed by atoms with van der Waals surface area (Å²) in [7, 11) is 0. The van der Waals surface area contributed by atoms with Gasteiger partial charge in [0, 0.05) is 16.2 Å². The van der Waals surface area contributed by atoms with Crippen LogP contribution in [0.5, 0.6) is 0 Å². The van der Waals surface area contributed by atoms with Crippen LogP contribution in [0, 0.1) is 0 Å². The lowest BCUT2D eigenvalue weighted by atomic mass is 9.66. The van der Waals surface area contributed by atoms with Crippen LogP contribution in [0.25, 0.3) is 5.70 Å². The van der Waals surface area contributed by atoms with Gasteiger partial charge in [-0.3, -0.25) is 0 Å². The maximum absolute atomic E-state index is 4.72. The highest BCUT2D eigenvalue weighted by Gasteiger charge is 2.48. The van der Waals surface area contributed by atoms with Gasteiger partial charge in [-0.1, -0.05) is 115 Å². The van der Waals surface area contributed by atoms with Crippen LogP contribution >= 0.6 is 12.6 Å². The van der Waals surface area contributed by atoms with Gasteiger partial charge in [-0.15, -0.1) is 12.6 Å². The van der Waals surface area contributed by atoms with Gasteiger partial charge in [0.2, 0.25) is 0 Å². The Morgan fingerprint density at radius 3 is 1.94 bits per heavy atom. The van der Waals surface area contributed by atoms with E-state index in [1.807, 2.05) is 6.07 Å². The number of nitrogens with one attached hydrogen (secondary N) is 1. The Balaban J connectivity index is 1.62. The molecule has 4 aromatic carbocycles. The highest BCUT2D eigenvalue weighted by molar-refractivity contribution is 7.80. The van der Waals surface area contributed by atoms with Crippen LogP contribution < -0.4 is 5.32 Å². The van der Waals surface area contributed by atoms with Crippen molar-refractivity contribution in [2.45, 2.75) is 16.4 Å². The molecule has 0 amide bonds. The normalized spacial score (nSPS) is 18.1. The summed E-state index contributed by atoms with van der Waals surface area (Å²) in [5.41, 5.74) is 8.48. The van der Waals surface area contributed by atoms with Crippen LogP contribution in [0.3, 0.4) is 0 Å². The average molecular weight is 430 g/mol. The van der Waals surface area contributed by atoms with Crippen LogP contribution in [-0.2, 0) is 5.41 Å². The number of allylic oxidation sites excluding steroid dienone is 2. The molecule has 154 valence electrons. The number of hydrogen-bond acceptors (Lipinski definition) is 2. The molecule has 0 bridgehead atoms. The SMILES string of the molecule is Sc1ccccc1C1C=CC2=C(N1)c1ccccc1C2(c1ccccc1)c1ccccc1. The second-order valence-electron chi connectivity index (χ2n) is 8.36. The van der Waals surface area contributed by atoms with Gasteiger partial charge >= 0.3 is 0 Å². The van der Waals surface area contributed by atoms with Gasteiger partial charge in [0.05, 0.1) is 11.5 Å². The topological polar surface area (TPSA) is 12.0 Å². The van der Waals surface area contributed by atoms with E-state index in [2.05, 4.69) is 121 Å². The fourth-order valence-electron chi connectivity index (χ4n) is 5.36. The van der Waals surface area contributed by atoms with Crippen LogP contribution in [-0.4, -0.2) is 0 Å². The summed E-state index contributed by atoms with van der Waals surface area (Å²) in [4.78, 5) is 1.00. The van der Waals surface area contributed by atoms with Gasteiger partial charge in [0.15, 0.2) is 0 Å². The van der Waals surface area contributed by atoms with Gasteiger partial charge < -0.3 is 5.32 Å². The van der Waals surface area contributed by atoms with Crippen molar-refractivity contribution >= 4 is 18.3 Å². The molecule has 4 aromatic rings. The van der Waals surface area contributed by atoms with Crippen molar-refractivity contribution in [1.82, 2.24) is 5.32 Å². The minimum absolute atomic E-state index is 0.0813. The van der Waals surface area contributed by atoms with Gasteiger partial charge in [0.25, 0.3) is 0 Å². The Hall–Kier alpha value is -3.49. The van der Waals surface area contributed by atoms with Crippen LogP contribution in [0.15, 0.2) is 132 Å². The molecule has 0 aromatic heterocycles. The quantitative estimate of drug-likeness (QED) is 0.336. The smallest absolute Gasteiger partial charge is 0.0728 e. The van der Waals surface area contributed by atoms with E-state index in [9.17, 15) is 0 Å². The number of fused-ring (bicyclic) bond motifs is 2. The monoisotopic (exact) mass is 429 g/mol. The molecule has 1 heterocycles. The Kier molecular flexibility index (Phi) is 4.55. The first-order valence-corrected chi connectivity index (χ1v) is 11.4. The molecule has 32 heavy (non-hydrogen) atoms. The molecule has 0 radical (unpaired) electrons. The number of benzene rings is 4. The van der Waals surface area contributed by atoms with E-state index in [1.165, 1.54) is 39.1 Å². The molecule has 0 saturated heterocycles. The maximum Gasteiger partial charge on any atom is 0.0728 e. The third kappa shape index (κ3) is 2.73. The summed E-state index contributed by atoms with van der Waals surface area (Å²) >= 11 is 4.72. The van der Waals surface area contributed by atoms with E-state index in [0.29, 0.717) is 0 Å². The van der Waals surface area contributed by atoms with Crippen molar-refractivity contribution in [3.63, 3.8) is 0 Å². The second-order valence-corrected chi connectivity index (χ2v) is 8.84. The van der Waals surface area contributed by atoms with Gasteiger partial charge in [-0.25, -0.2) is 0 Å². The molecular formula is C30H23NS. The summed E-state index contributed by atoms with van der Waals surface area (Å²) < 4.78 is 0. The first kappa shape index (κ1) is 19.2. The zero-order valence-corrected chi connectivity index (χ0v) is 18.5. The summed E-state index contributed by atoms with van der Waals surface area (Å²) in [6.45, 7) is 0. The lowest BCUT2D eigenvalue weighted by molar-refractivity contribution is 0.717. The number of dihydropyridines is 1. The molecule has 6 rings (SSSR count). The molecule has 2 aliphatic rings. The molecule has 0 fully saturated rings. The van der Waals surface area contributed by atoms with Gasteiger partial charge in [-0.05, 0) is 33.9 Å². The third-order valence-electron chi connectivity index (χ3n) is 6.71. The Bertz CT molecular complexity index is 1310. The molecule has 1 atom stereocenters. The molecule has 1 N–H and O–H groups in total. The highest BCUT2D eigenvalue weighted by Crippen LogP contribution is 2.55. The van der Waals surface area contributed by atoms with Gasteiger partial charge in [0.1, 0.15) is 0 Å². The van der Waals surface area contributed by atoms with Crippen LogP contribution in [0.4, 0.5) is 0 Å². The fourth-order valence-corrected chi connectivity index (χ4v) is 5.66. The average Bonchev–Trinajstić information content (AvgIpc) is 3.16.